The van der Waals surface area contributed by atoms with Crippen LogP contribution in [-0.2, 0) is 16.0 Å². The quantitative estimate of drug-likeness (QED) is 0.627. The fourth-order valence-corrected chi connectivity index (χ4v) is 1.58. The molecule has 104 valence electrons. The summed E-state index contributed by atoms with van der Waals surface area (Å²) in [7, 11) is 0. The molecule has 0 saturated carbocycles. The third kappa shape index (κ3) is 4.41. The molecular formula is C11H15N3O5. The fourth-order valence-electron chi connectivity index (χ4n) is 1.58. The second-order valence-electron chi connectivity index (χ2n) is 4.30. The van der Waals surface area contributed by atoms with Crippen LogP contribution in [0.5, 0.6) is 0 Å². The zero-order valence-electron chi connectivity index (χ0n) is 10.6. The molecule has 19 heavy (non-hydrogen) atoms. The Morgan fingerprint density at radius 3 is 2.42 bits per heavy atom. The average Bonchev–Trinajstić information content (AvgIpc) is 2.23. The van der Waals surface area contributed by atoms with E-state index in [1.807, 2.05) is 4.98 Å². The van der Waals surface area contributed by atoms with Crippen LogP contribution < -0.4 is 11.2 Å². The van der Waals surface area contributed by atoms with Crippen molar-refractivity contribution in [2.24, 2.45) is 0 Å². The molecule has 1 rings (SSSR count). The molecule has 3 N–H and O–H groups in total. The first kappa shape index (κ1) is 14.7. The van der Waals surface area contributed by atoms with Crippen LogP contribution in [0.25, 0.3) is 0 Å². The Morgan fingerprint density at radius 1 is 1.32 bits per heavy atom. The topological polar surface area (TPSA) is 123 Å². The Balaban J connectivity index is 2.90. The molecule has 0 bridgehead atoms. The van der Waals surface area contributed by atoms with Crippen molar-refractivity contribution in [2.75, 3.05) is 6.54 Å². The van der Waals surface area contributed by atoms with Gasteiger partial charge in [-0.2, -0.15) is 0 Å². The Labute approximate surface area is 108 Å². The van der Waals surface area contributed by atoms with Crippen molar-refractivity contribution in [1.82, 2.24) is 14.9 Å². The number of hydrogen-bond acceptors (Lipinski definition) is 4. The molecule has 0 fully saturated rings. The second-order valence-corrected chi connectivity index (χ2v) is 4.30. The zero-order chi connectivity index (χ0) is 14.6. The molecule has 0 atom stereocenters. The lowest BCUT2D eigenvalue weighted by Gasteiger charge is -2.24. The number of aromatic amines is 2. The van der Waals surface area contributed by atoms with Crippen molar-refractivity contribution in [1.29, 1.82) is 0 Å². The van der Waals surface area contributed by atoms with Crippen molar-refractivity contribution in [3.8, 4) is 0 Å². The number of carboxylic acid groups (broad SMARTS) is 1. The molecule has 0 saturated heterocycles. The number of amides is 1. The normalized spacial score (nSPS) is 10.5. The number of hydrogen-bond donors (Lipinski definition) is 3. The van der Waals surface area contributed by atoms with E-state index in [1.54, 1.807) is 13.8 Å². The number of H-pyrrole nitrogens is 2. The van der Waals surface area contributed by atoms with E-state index in [1.165, 1.54) is 0 Å². The Bertz CT molecular complexity index is 558. The van der Waals surface area contributed by atoms with Crippen LogP contribution in [0.2, 0.25) is 0 Å². The van der Waals surface area contributed by atoms with Gasteiger partial charge in [-0.05, 0) is 13.8 Å². The molecule has 0 aliphatic heterocycles. The summed E-state index contributed by atoms with van der Waals surface area (Å²) in [5.74, 6) is -1.60. The summed E-state index contributed by atoms with van der Waals surface area (Å²) in [6.07, 6.45) is -0.232. The van der Waals surface area contributed by atoms with E-state index >= 15 is 0 Å². The average molecular weight is 269 g/mol. The molecule has 0 radical (unpaired) electrons. The largest absolute Gasteiger partial charge is 0.480 e. The molecule has 0 unspecified atom stereocenters. The molecule has 8 nitrogen and oxygen atoms in total. The van der Waals surface area contributed by atoms with E-state index in [0.29, 0.717) is 0 Å². The van der Waals surface area contributed by atoms with E-state index in [-0.39, 0.29) is 18.2 Å². The van der Waals surface area contributed by atoms with Gasteiger partial charge in [0.1, 0.15) is 6.54 Å². The van der Waals surface area contributed by atoms with Crippen molar-refractivity contribution in [3.05, 3.63) is 32.6 Å². The highest BCUT2D eigenvalue weighted by atomic mass is 16.4. The highest BCUT2D eigenvalue weighted by molar-refractivity contribution is 5.82. The third-order valence-electron chi connectivity index (χ3n) is 2.41. The monoisotopic (exact) mass is 269 g/mol. The van der Waals surface area contributed by atoms with Gasteiger partial charge in [-0.1, -0.05) is 0 Å². The van der Waals surface area contributed by atoms with Gasteiger partial charge in [0, 0.05) is 17.8 Å². The van der Waals surface area contributed by atoms with Crippen LogP contribution in [0, 0.1) is 0 Å². The molecule has 0 aliphatic carbocycles. The predicted molar refractivity (Wildman–Crippen MR) is 65.9 cm³/mol. The lowest BCUT2D eigenvalue weighted by atomic mass is 10.2. The minimum atomic E-state index is -1.12. The maximum absolute atomic E-state index is 11.9. The first-order valence-corrected chi connectivity index (χ1v) is 5.63. The first-order valence-electron chi connectivity index (χ1n) is 5.63. The van der Waals surface area contributed by atoms with E-state index in [2.05, 4.69) is 4.98 Å². The van der Waals surface area contributed by atoms with Crippen molar-refractivity contribution in [2.45, 2.75) is 26.3 Å². The van der Waals surface area contributed by atoms with Crippen molar-refractivity contribution >= 4 is 11.9 Å². The van der Waals surface area contributed by atoms with Crippen LogP contribution in [0.3, 0.4) is 0 Å². The predicted octanol–water partition coefficient (Wildman–Crippen LogP) is -1.07. The summed E-state index contributed by atoms with van der Waals surface area (Å²) in [6, 6.07) is 0.802. The highest BCUT2D eigenvalue weighted by Crippen LogP contribution is 2.02. The number of rotatable bonds is 5. The summed E-state index contributed by atoms with van der Waals surface area (Å²) >= 11 is 0. The van der Waals surface area contributed by atoms with Gasteiger partial charge in [0.15, 0.2) is 0 Å². The van der Waals surface area contributed by atoms with Crippen molar-refractivity contribution < 1.29 is 14.7 Å². The Morgan fingerprint density at radius 2 is 1.95 bits per heavy atom. The molecule has 1 aromatic rings. The van der Waals surface area contributed by atoms with E-state index < -0.39 is 29.7 Å². The van der Waals surface area contributed by atoms with Crippen LogP contribution >= 0.6 is 0 Å². The Kier molecular flexibility index (Phi) is 4.62. The lowest BCUT2D eigenvalue weighted by Crippen LogP contribution is -2.42. The highest BCUT2D eigenvalue weighted by Gasteiger charge is 2.20. The molecule has 8 heteroatoms. The molecule has 1 heterocycles. The molecular weight excluding hydrogens is 254 g/mol. The van der Waals surface area contributed by atoms with Gasteiger partial charge in [-0.15, -0.1) is 0 Å². The number of aliphatic carboxylic acids is 1. The van der Waals surface area contributed by atoms with Gasteiger partial charge < -0.3 is 15.0 Å². The lowest BCUT2D eigenvalue weighted by molar-refractivity contribution is -0.145. The van der Waals surface area contributed by atoms with E-state index in [4.69, 9.17) is 5.11 Å². The maximum Gasteiger partial charge on any atom is 0.325 e. The molecule has 0 spiro atoms. The molecule has 1 aromatic heterocycles. The molecule has 0 aromatic carbocycles. The van der Waals surface area contributed by atoms with Gasteiger partial charge in [0.05, 0.1) is 6.42 Å². The zero-order valence-corrected chi connectivity index (χ0v) is 10.6. The summed E-state index contributed by atoms with van der Waals surface area (Å²) in [6.45, 7) is 2.94. The van der Waals surface area contributed by atoms with Crippen molar-refractivity contribution in [3.63, 3.8) is 0 Å². The van der Waals surface area contributed by atoms with Gasteiger partial charge in [-0.3, -0.25) is 19.4 Å². The van der Waals surface area contributed by atoms with Crippen LogP contribution in [0.1, 0.15) is 19.5 Å². The standard InChI is InChI=1S/C11H15N3O5/c1-6(2)14(5-10(17)18)9(16)4-7-3-8(15)13-11(19)12-7/h3,6H,4-5H2,1-2H3,(H,17,18)(H2,12,13,15,19). The van der Waals surface area contributed by atoms with Crippen LogP contribution in [0.15, 0.2) is 15.7 Å². The SMILES string of the molecule is CC(C)N(CC(=O)O)C(=O)Cc1cc(=O)[nH]c(=O)[nH]1. The first-order chi connectivity index (χ1) is 8.79. The van der Waals surface area contributed by atoms with Gasteiger partial charge in [-0.25, -0.2) is 4.79 Å². The summed E-state index contributed by atoms with van der Waals surface area (Å²) in [5, 5.41) is 8.73. The van der Waals surface area contributed by atoms with Gasteiger partial charge in [0.2, 0.25) is 5.91 Å². The van der Waals surface area contributed by atoms with E-state index in [9.17, 15) is 19.2 Å². The molecule has 1 amide bonds. The molecule has 0 aliphatic rings. The number of carbonyl (C=O) groups excluding carboxylic acids is 1. The third-order valence-corrected chi connectivity index (χ3v) is 2.41. The van der Waals surface area contributed by atoms with Gasteiger partial charge in [0.25, 0.3) is 5.56 Å². The minimum absolute atomic E-state index is 0.148. The second kappa shape index (κ2) is 5.98. The van der Waals surface area contributed by atoms with E-state index in [0.717, 1.165) is 11.0 Å². The number of aromatic nitrogens is 2. The van der Waals surface area contributed by atoms with Gasteiger partial charge >= 0.3 is 11.7 Å². The number of nitrogens with zero attached hydrogens (tertiary/aromatic N) is 1. The minimum Gasteiger partial charge on any atom is -0.480 e. The summed E-state index contributed by atoms with van der Waals surface area (Å²) in [5.41, 5.74) is -1.17. The maximum atomic E-state index is 11.9. The van der Waals surface area contributed by atoms with Crippen LogP contribution in [-0.4, -0.2) is 44.4 Å². The van der Waals surface area contributed by atoms with Crippen LogP contribution in [0.4, 0.5) is 0 Å². The Hall–Kier alpha value is -2.38. The smallest absolute Gasteiger partial charge is 0.325 e. The number of carboxylic acids is 1. The number of nitrogens with one attached hydrogen (secondary N) is 2. The summed E-state index contributed by atoms with van der Waals surface area (Å²) in [4.78, 5) is 50.2. The summed E-state index contributed by atoms with van der Waals surface area (Å²) < 4.78 is 0. The number of carbonyl (C=O) groups is 2. The fraction of sp³-hybridized carbons (Fsp3) is 0.455.